The summed E-state index contributed by atoms with van der Waals surface area (Å²) in [5.41, 5.74) is 8.69. The van der Waals surface area contributed by atoms with Crippen LogP contribution >= 0.6 is 27.5 Å². The van der Waals surface area contributed by atoms with E-state index in [9.17, 15) is 4.39 Å². The fourth-order valence-electron chi connectivity index (χ4n) is 2.64. The molecule has 0 saturated heterocycles. The molecule has 1 atom stereocenters. The molecule has 0 spiro atoms. The van der Waals surface area contributed by atoms with Crippen molar-refractivity contribution >= 4 is 27.5 Å². The Kier molecular flexibility index (Phi) is 4.20. The van der Waals surface area contributed by atoms with Gasteiger partial charge in [-0.1, -0.05) is 27.5 Å². The highest BCUT2D eigenvalue weighted by atomic mass is 79.9. The van der Waals surface area contributed by atoms with Crippen LogP contribution in [0.4, 0.5) is 4.39 Å². The molecule has 0 radical (unpaired) electrons. The zero-order valence-corrected chi connectivity index (χ0v) is 13.5. The minimum atomic E-state index is -0.450. The van der Waals surface area contributed by atoms with E-state index in [2.05, 4.69) is 15.9 Å². The molecule has 5 heteroatoms. The number of benzene rings is 2. The molecule has 1 aliphatic rings. The van der Waals surface area contributed by atoms with Crippen molar-refractivity contribution in [1.82, 2.24) is 0 Å². The van der Waals surface area contributed by atoms with E-state index in [0.717, 1.165) is 27.8 Å². The van der Waals surface area contributed by atoms with Crippen molar-refractivity contribution in [2.45, 2.75) is 18.9 Å². The predicted octanol–water partition coefficient (Wildman–Crippen LogP) is 4.42. The summed E-state index contributed by atoms with van der Waals surface area (Å²) in [7, 11) is 0. The van der Waals surface area contributed by atoms with E-state index in [4.69, 9.17) is 22.1 Å². The van der Waals surface area contributed by atoms with Gasteiger partial charge in [0, 0.05) is 27.5 Å². The van der Waals surface area contributed by atoms with Crippen LogP contribution in [-0.4, -0.2) is 6.61 Å². The first-order valence-electron chi connectivity index (χ1n) is 6.69. The van der Waals surface area contributed by atoms with E-state index in [1.807, 2.05) is 12.1 Å². The molecule has 110 valence electrons. The molecule has 0 aliphatic carbocycles. The number of nitrogens with two attached hydrogens (primary N) is 1. The van der Waals surface area contributed by atoms with Crippen molar-refractivity contribution < 1.29 is 9.13 Å². The zero-order chi connectivity index (χ0) is 15.0. The van der Waals surface area contributed by atoms with E-state index in [1.54, 1.807) is 12.1 Å². The maximum Gasteiger partial charge on any atom is 0.128 e. The van der Waals surface area contributed by atoms with Gasteiger partial charge in [0.05, 0.1) is 6.61 Å². The first-order chi connectivity index (χ1) is 10.0. The Labute approximate surface area is 136 Å². The van der Waals surface area contributed by atoms with Crippen molar-refractivity contribution in [2.24, 2.45) is 5.73 Å². The normalized spacial score (nSPS) is 14.7. The molecular formula is C16H14BrClFNO. The van der Waals surface area contributed by atoms with E-state index in [0.29, 0.717) is 23.6 Å². The minimum Gasteiger partial charge on any atom is -0.493 e. The first kappa shape index (κ1) is 14.8. The molecule has 1 aliphatic heterocycles. The lowest BCUT2D eigenvalue weighted by molar-refractivity contribution is 0.352. The maximum atomic E-state index is 13.9. The number of halogens is 3. The van der Waals surface area contributed by atoms with E-state index in [1.165, 1.54) is 6.07 Å². The average molecular weight is 371 g/mol. The Morgan fingerprint density at radius 3 is 2.95 bits per heavy atom. The van der Waals surface area contributed by atoms with Gasteiger partial charge in [-0.3, -0.25) is 0 Å². The smallest absolute Gasteiger partial charge is 0.128 e. The predicted molar refractivity (Wildman–Crippen MR) is 85.4 cm³/mol. The summed E-state index contributed by atoms with van der Waals surface area (Å²) in [5, 5.41) is 0.663. The fourth-order valence-corrected chi connectivity index (χ4v) is 3.29. The Morgan fingerprint density at radius 2 is 2.14 bits per heavy atom. The molecule has 1 heterocycles. The Balaban J connectivity index is 1.92. The van der Waals surface area contributed by atoms with Gasteiger partial charge in [0.15, 0.2) is 0 Å². The number of fused-ring (bicyclic) bond motifs is 1. The summed E-state index contributed by atoms with van der Waals surface area (Å²) in [6, 6.07) is 8.10. The second-order valence-electron chi connectivity index (χ2n) is 5.13. The maximum absolute atomic E-state index is 13.9. The van der Waals surface area contributed by atoms with Gasteiger partial charge in [-0.25, -0.2) is 4.39 Å². The van der Waals surface area contributed by atoms with Crippen LogP contribution in [-0.2, 0) is 12.8 Å². The zero-order valence-electron chi connectivity index (χ0n) is 11.2. The summed E-state index contributed by atoms with van der Waals surface area (Å²) < 4.78 is 20.4. The molecule has 3 rings (SSSR count). The molecule has 0 fully saturated rings. The third kappa shape index (κ3) is 3.07. The summed E-state index contributed by atoms with van der Waals surface area (Å²) >= 11 is 9.48. The first-order valence-corrected chi connectivity index (χ1v) is 7.86. The van der Waals surface area contributed by atoms with Crippen molar-refractivity contribution in [2.75, 3.05) is 6.61 Å². The third-order valence-corrected chi connectivity index (χ3v) is 4.33. The van der Waals surface area contributed by atoms with Crippen molar-refractivity contribution in [3.63, 3.8) is 0 Å². The van der Waals surface area contributed by atoms with Crippen molar-refractivity contribution in [3.05, 3.63) is 62.3 Å². The third-order valence-electron chi connectivity index (χ3n) is 3.62. The van der Waals surface area contributed by atoms with Crippen molar-refractivity contribution in [1.29, 1.82) is 0 Å². The van der Waals surface area contributed by atoms with Gasteiger partial charge in [0.2, 0.25) is 0 Å². The van der Waals surface area contributed by atoms with Gasteiger partial charge in [0.25, 0.3) is 0 Å². The number of rotatable bonds is 3. The lowest BCUT2D eigenvalue weighted by Gasteiger charge is -2.16. The molecule has 21 heavy (non-hydrogen) atoms. The van der Waals surface area contributed by atoms with Crippen LogP contribution < -0.4 is 10.5 Å². The number of ether oxygens (including phenoxy) is 1. The largest absolute Gasteiger partial charge is 0.493 e. The molecule has 0 amide bonds. The quantitative estimate of drug-likeness (QED) is 0.868. The lowest BCUT2D eigenvalue weighted by Crippen LogP contribution is -2.15. The summed E-state index contributed by atoms with van der Waals surface area (Å²) in [6.45, 7) is 0.656. The van der Waals surface area contributed by atoms with Crippen LogP contribution in [0, 0.1) is 5.82 Å². The number of hydrogen-bond acceptors (Lipinski definition) is 2. The van der Waals surface area contributed by atoms with Gasteiger partial charge < -0.3 is 10.5 Å². The molecule has 2 aromatic carbocycles. The molecule has 2 nitrogen and oxygen atoms in total. The van der Waals surface area contributed by atoms with Crippen LogP contribution in [0.2, 0.25) is 5.02 Å². The van der Waals surface area contributed by atoms with Crippen LogP contribution in [0.1, 0.15) is 22.7 Å². The summed E-state index contributed by atoms with van der Waals surface area (Å²) in [4.78, 5) is 0. The van der Waals surface area contributed by atoms with Gasteiger partial charge in [-0.15, -0.1) is 0 Å². The highest BCUT2D eigenvalue weighted by Gasteiger charge is 2.21. The lowest BCUT2D eigenvalue weighted by atomic mass is 9.97. The highest BCUT2D eigenvalue weighted by molar-refractivity contribution is 9.10. The van der Waals surface area contributed by atoms with Gasteiger partial charge in [-0.05, 0) is 47.9 Å². The van der Waals surface area contributed by atoms with Crippen molar-refractivity contribution in [3.8, 4) is 5.75 Å². The number of hydrogen-bond donors (Lipinski definition) is 1. The Morgan fingerprint density at radius 1 is 1.33 bits per heavy atom. The van der Waals surface area contributed by atoms with Gasteiger partial charge in [-0.2, -0.15) is 0 Å². The molecule has 2 N–H and O–H groups in total. The molecule has 0 saturated carbocycles. The summed E-state index contributed by atoms with van der Waals surface area (Å²) in [5.74, 6) is 0.551. The van der Waals surface area contributed by atoms with Crippen LogP contribution in [0.15, 0.2) is 34.8 Å². The van der Waals surface area contributed by atoms with E-state index < -0.39 is 6.04 Å². The average Bonchev–Trinajstić information content (AvgIpc) is 2.89. The fraction of sp³-hybridized carbons (Fsp3) is 0.250. The van der Waals surface area contributed by atoms with Crippen LogP contribution in [0.3, 0.4) is 0 Å². The molecule has 2 aromatic rings. The van der Waals surface area contributed by atoms with E-state index in [-0.39, 0.29) is 5.82 Å². The summed E-state index contributed by atoms with van der Waals surface area (Å²) in [6.07, 6.45) is 1.33. The second-order valence-corrected chi connectivity index (χ2v) is 6.48. The molecule has 1 unspecified atom stereocenters. The second kappa shape index (κ2) is 5.95. The minimum absolute atomic E-state index is 0.301. The molecular weight excluding hydrogens is 357 g/mol. The van der Waals surface area contributed by atoms with Crippen LogP contribution in [0.5, 0.6) is 5.75 Å². The Hall–Kier alpha value is -1.10. The molecule has 0 bridgehead atoms. The van der Waals surface area contributed by atoms with Crippen LogP contribution in [0.25, 0.3) is 0 Å². The standard InChI is InChI=1S/C16H14BrClFNO/c17-11-1-2-14(19)13(8-11)15(20)7-10-6-12(18)5-9-3-4-21-16(9)10/h1-2,5-6,8,15H,3-4,7,20H2. The molecule has 0 aromatic heterocycles. The van der Waals surface area contributed by atoms with Gasteiger partial charge >= 0.3 is 0 Å². The SMILES string of the molecule is NC(Cc1cc(Cl)cc2c1OCC2)c1cc(Br)ccc1F. The van der Waals surface area contributed by atoms with Gasteiger partial charge in [0.1, 0.15) is 11.6 Å². The Bertz CT molecular complexity index is 692. The van der Waals surface area contributed by atoms with E-state index >= 15 is 0 Å². The highest BCUT2D eigenvalue weighted by Crippen LogP contribution is 2.35. The monoisotopic (exact) mass is 369 g/mol. The topological polar surface area (TPSA) is 35.2 Å².